The van der Waals surface area contributed by atoms with Crippen molar-refractivity contribution in [3.63, 3.8) is 0 Å². The molecule has 0 amide bonds. The Kier molecular flexibility index (Phi) is 5.25. The van der Waals surface area contributed by atoms with Crippen LogP contribution in [0.15, 0.2) is 65.8 Å². The molecular weight excluding hydrogens is 398 g/mol. The van der Waals surface area contributed by atoms with E-state index in [1.165, 1.54) is 16.4 Å². The van der Waals surface area contributed by atoms with Gasteiger partial charge in [0.25, 0.3) is 0 Å². The average molecular weight is 416 g/mol. The molecule has 144 valence electrons. The van der Waals surface area contributed by atoms with E-state index in [1.54, 1.807) is 24.5 Å². The molecule has 0 spiro atoms. The van der Waals surface area contributed by atoms with Crippen molar-refractivity contribution in [1.82, 2.24) is 19.5 Å². The summed E-state index contributed by atoms with van der Waals surface area (Å²) in [6.45, 7) is 1.88. The van der Waals surface area contributed by atoms with Crippen LogP contribution in [-0.4, -0.2) is 54.1 Å². The van der Waals surface area contributed by atoms with E-state index in [9.17, 15) is 8.42 Å². The number of aromatic nitrogens is 3. The second kappa shape index (κ2) is 7.83. The monoisotopic (exact) mass is 415 g/mol. The number of rotatable bonds is 4. The van der Waals surface area contributed by atoms with E-state index in [1.807, 2.05) is 29.2 Å². The van der Waals surface area contributed by atoms with Crippen LogP contribution in [0.3, 0.4) is 0 Å². The predicted molar refractivity (Wildman–Crippen MR) is 108 cm³/mol. The lowest BCUT2D eigenvalue weighted by molar-refractivity contribution is 0.383. The second-order valence-corrected chi connectivity index (χ2v) is 8.73. The van der Waals surface area contributed by atoms with E-state index in [2.05, 4.69) is 15.2 Å². The highest BCUT2D eigenvalue weighted by Crippen LogP contribution is 2.22. The molecule has 0 aliphatic carbocycles. The van der Waals surface area contributed by atoms with Crippen molar-refractivity contribution >= 4 is 27.4 Å². The third-order valence-corrected chi connectivity index (χ3v) is 6.81. The number of hydrogen-bond acceptors (Lipinski definition) is 6. The molecule has 0 atom stereocenters. The van der Waals surface area contributed by atoms with Gasteiger partial charge in [-0.25, -0.2) is 8.42 Å². The van der Waals surface area contributed by atoms with Crippen LogP contribution >= 0.6 is 11.6 Å². The van der Waals surface area contributed by atoms with Crippen LogP contribution in [0.25, 0.3) is 11.3 Å². The Balaban J connectivity index is 1.43. The summed E-state index contributed by atoms with van der Waals surface area (Å²) in [5.74, 6) is 0.737. The quantitative estimate of drug-likeness (QED) is 0.651. The summed E-state index contributed by atoms with van der Waals surface area (Å²) in [5.41, 5.74) is 1.73. The molecule has 28 heavy (non-hydrogen) atoms. The first-order valence-corrected chi connectivity index (χ1v) is 10.6. The fourth-order valence-electron chi connectivity index (χ4n) is 3.08. The highest BCUT2D eigenvalue weighted by Gasteiger charge is 2.29. The number of halogens is 1. The van der Waals surface area contributed by atoms with Gasteiger partial charge in [-0.2, -0.15) is 4.31 Å². The van der Waals surface area contributed by atoms with E-state index in [4.69, 9.17) is 11.6 Å². The van der Waals surface area contributed by atoms with Crippen LogP contribution in [0.5, 0.6) is 0 Å². The molecule has 7 nitrogen and oxygen atoms in total. The van der Waals surface area contributed by atoms with E-state index >= 15 is 0 Å². The Morgan fingerprint density at radius 3 is 2.11 bits per heavy atom. The Morgan fingerprint density at radius 2 is 1.50 bits per heavy atom. The van der Waals surface area contributed by atoms with Crippen molar-refractivity contribution in [2.75, 3.05) is 31.1 Å². The summed E-state index contributed by atoms with van der Waals surface area (Å²) >= 11 is 5.85. The van der Waals surface area contributed by atoms with Crippen LogP contribution < -0.4 is 4.90 Å². The first kappa shape index (κ1) is 18.8. The van der Waals surface area contributed by atoms with Gasteiger partial charge in [-0.05, 0) is 48.5 Å². The molecule has 3 heterocycles. The lowest BCUT2D eigenvalue weighted by atomic mass is 10.2. The molecule has 3 aromatic rings. The molecule has 0 saturated carbocycles. The summed E-state index contributed by atoms with van der Waals surface area (Å²) in [7, 11) is -3.52. The molecule has 0 bridgehead atoms. The van der Waals surface area contributed by atoms with Crippen molar-refractivity contribution < 1.29 is 8.42 Å². The molecule has 2 aromatic heterocycles. The number of hydrogen-bond donors (Lipinski definition) is 0. The second-order valence-electron chi connectivity index (χ2n) is 6.36. The van der Waals surface area contributed by atoms with Gasteiger partial charge in [-0.1, -0.05) is 11.6 Å². The van der Waals surface area contributed by atoms with E-state index in [0.29, 0.717) is 31.2 Å². The number of sulfonamides is 1. The molecule has 0 radical (unpaired) electrons. The highest BCUT2D eigenvalue weighted by molar-refractivity contribution is 7.89. The summed E-state index contributed by atoms with van der Waals surface area (Å²) in [6, 6.07) is 13.8. The normalized spacial score (nSPS) is 15.5. The number of pyridine rings is 1. The first-order valence-electron chi connectivity index (χ1n) is 8.79. The Hall–Kier alpha value is -2.55. The number of nitrogens with zero attached hydrogens (tertiary/aromatic N) is 5. The lowest BCUT2D eigenvalue weighted by Gasteiger charge is -2.34. The zero-order valence-electron chi connectivity index (χ0n) is 14.9. The number of benzene rings is 1. The van der Waals surface area contributed by atoms with Gasteiger partial charge < -0.3 is 4.90 Å². The largest absolute Gasteiger partial charge is 0.352 e. The fraction of sp³-hybridized carbons (Fsp3) is 0.211. The Bertz CT molecular complexity index is 1040. The summed E-state index contributed by atoms with van der Waals surface area (Å²) in [4.78, 5) is 6.29. The van der Waals surface area contributed by atoms with Gasteiger partial charge in [0.05, 0.1) is 10.6 Å². The van der Waals surface area contributed by atoms with Crippen molar-refractivity contribution in [3.8, 4) is 11.3 Å². The smallest absolute Gasteiger partial charge is 0.243 e. The first-order chi connectivity index (χ1) is 13.5. The topological polar surface area (TPSA) is 79.3 Å². The zero-order valence-corrected chi connectivity index (χ0v) is 16.5. The molecule has 1 aliphatic rings. The number of anilines is 1. The maximum atomic E-state index is 12.8. The molecule has 9 heteroatoms. The summed E-state index contributed by atoms with van der Waals surface area (Å²) in [6.07, 6.45) is 3.43. The van der Waals surface area contributed by atoms with Gasteiger partial charge >= 0.3 is 0 Å². The van der Waals surface area contributed by atoms with Crippen LogP contribution in [0.2, 0.25) is 5.02 Å². The molecule has 0 N–H and O–H groups in total. The molecule has 1 fully saturated rings. The molecule has 1 aliphatic heterocycles. The van der Waals surface area contributed by atoms with Gasteiger partial charge in [0.2, 0.25) is 10.0 Å². The predicted octanol–water partition coefficient (Wildman–Crippen LogP) is 2.70. The zero-order chi connectivity index (χ0) is 19.6. The van der Waals surface area contributed by atoms with Crippen molar-refractivity contribution in [3.05, 3.63) is 65.9 Å². The van der Waals surface area contributed by atoms with Gasteiger partial charge in [0, 0.05) is 49.2 Å². The van der Waals surface area contributed by atoms with E-state index < -0.39 is 10.0 Å². The fourth-order valence-corrected chi connectivity index (χ4v) is 4.63. The molecule has 0 unspecified atom stereocenters. The minimum atomic E-state index is -3.52. The highest BCUT2D eigenvalue weighted by atomic mass is 35.5. The third kappa shape index (κ3) is 3.84. The van der Waals surface area contributed by atoms with E-state index in [-0.39, 0.29) is 4.90 Å². The summed E-state index contributed by atoms with van der Waals surface area (Å²) < 4.78 is 27.0. The van der Waals surface area contributed by atoms with Crippen molar-refractivity contribution in [2.45, 2.75) is 4.90 Å². The average Bonchev–Trinajstić information content (AvgIpc) is 2.75. The molecule has 4 rings (SSSR count). The maximum absolute atomic E-state index is 12.8. The number of piperazine rings is 1. The Morgan fingerprint density at radius 1 is 0.821 bits per heavy atom. The van der Waals surface area contributed by atoms with Crippen LogP contribution in [0.4, 0.5) is 5.82 Å². The minimum absolute atomic E-state index is 0.256. The SMILES string of the molecule is O=S(=O)(c1ccc(Cl)cc1)N1CCN(c2ccc(-c3ccncc3)nn2)CC1. The van der Waals surface area contributed by atoms with Gasteiger partial charge in [-0.15, -0.1) is 10.2 Å². The van der Waals surface area contributed by atoms with Crippen molar-refractivity contribution in [2.24, 2.45) is 0 Å². The third-order valence-electron chi connectivity index (χ3n) is 4.64. The van der Waals surface area contributed by atoms with Crippen LogP contribution in [0.1, 0.15) is 0 Å². The maximum Gasteiger partial charge on any atom is 0.243 e. The molecular formula is C19H18ClN5O2S. The summed E-state index contributed by atoms with van der Waals surface area (Å²) in [5, 5.41) is 9.10. The van der Waals surface area contributed by atoms with Crippen LogP contribution in [-0.2, 0) is 10.0 Å². The Labute approximate surface area is 168 Å². The van der Waals surface area contributed by atoms with Gasteiger partial charge in [0.15, 0.2) is 5.82 Å². The standard InChI is InChI=1S/C19H18ClN5O2S/c20-16-1-3-17(4-2-16)28(26,27)25-13-11-24(12-14-25)19-6-5-18(22-23-19)15-7-9-21-10-8-15/h1-10H,11-14H2. The van der Waals surface area contributed by atoms with E-state index in [0.717, 1.165) is 17.1 Å². The van der Waals surface area contributed by atoms with Crippen molar-refractivity contribution in [1.29, 1.82) is 0 Å². The van der Waals surface area contributed by atoms with Crippen LogP contribution in [0, 0.1) is 0 Å². The lowest BCUT2D eigenvalue weighted by Crippen LogP contribution is -2.48. The van der Waals surface area contributed by atoms with Gasteiger partial charge in [0.1, 0.15) is 0 Å². The minimum Gasteiger partial charge on any atom is -0.352 e. The molecule has 1 aromatic carbocycles. The van der Waals surface area contributed by atoms with Gasteiger partial charge in [-0.3, -0.25) is 4.98 Å². The molecule has 1 saturated heterocycles.